The molecule has 1 aromatic heterocycles. The molecule has 2 aromatic rings. The lowest BCUT2D eigenvalue weighted by molar-refractivity contribution is -0.0857. The molecule has 9 nitrogen and oxygen atoms in total. The smallest absolute Gasteiger partial charge is 0.318 e. The Bertz CT molecular complexity index is 1470. The van der Waals surface area contributed by atoms with Gasteiger partial charge in [0.2, 0.25) is 0 Å². The van der Waals surface area contributed by atoms with E-state index >= 15 is 0 Å². The van der Waals surface area contributed by atoms with Gasteiger partial charge in [0.15, 0.2) is 0 Å². The number of aromatic nitrogens is 2. The topological polar surface area (TPSA) is 124 Å². The summed E-state index contributed by atoms with van der Waals surface area (Å²) in [6, 6.07) is 8.97. The lowest BCUT2D eigenvalue weighted by Crippen LogP contribution is -2.44. The number of rotatable bonds is 4. The molecule has 7 rings (SSSR count). The third-order valence-corrected chi connectivity index (χ3v) is 10.4. The molecule has 1 spiro atoms. The number of nitrogens with zero attached hydrogens (tertiary/aromatic N) is 6. The van der Waals surface area contributed by atoms with Gasteiger partial charge in [0, 0.05) is 55.2 Å². The number of nitrogen functional groups attached to an aromatic ring is 1. The first-order chi connectivity index (χ1) is 20.4. The molecule has 3 fully saturated rings. The van der Waals surface area contributed by atoms with Crippen molar-refractivity contribution in [2.45, 2.75) is 88.1 Å². The monoisotopic (exact) mass is 571 g/mol. The summed E-state index contributed by atoms with van der Waals surface area (Å²) >= 11 is 0. The minimum atomic E-state index is -0.829. The fraction of sp³-hybridized carbons (Fsp3) is 0.625. The molecular formula is C32H38FN7O2. The maximum absolute atomic E-state index is 14.5. The number of aryl methyl sites for hydroxylation is 1. The highest BCUT2D eigenvalue weighted by molar-refractivity contribution is 5.63. The molecule has 42 heavy (non-hydrogen) atoms. The van der Waals surface area contributed by atoms with E-state index < -0.39 is 11.8 Å². The number of benzene rings is 1. The van der Waals surface area contributed by atoms with E-state index in [2.05, 4.69) is 21.9 Å². The molecule has 0 bridgehead atoms. The van der Waals surface area contributed by atoms with E-state index in [1.165, 1.54) is 0 Å². The molecule has 2 N–H and O–H groups in total. The summed E-state index contributed by atoms with van der Waals surface area (Å²) in [5, 5.41) is 19.6. The first-order valence-electron chi connectivity index (χ1n) is 15.5. The van der Waals surface area contributed by atoms with Crippen LogP contribution < -0.4 is 15.4 Å². The number of hydrogen-bond donors (Lipinski definition) is 1. The fourth-order valence-electron chi connectivity index (χ4n) is 8.25. The number of ether oxygens (including phenoxy) is 2. The van der Waals surface area contributed by atoms with Gasteiger partial charge in [0.05, 0.1) is 29.5 Å². The summed E-state index contributed by atoms with van der Waals surface area (Å²) in [6.45, 7) is 3.58. The molecule has 4 aliphatic heterocycles. The number of halogens is 1. The highest BCUT2D eigenvalue weighted by atomic mass is 19.1. The first kappa shape index (κ1) is 27.4. The van der Waals surface area contributed by atoms with Gasteiger partial charge in [0.25, 0.3) is 0 Å². The molecule has 4 atom stereocenters. The van der Waals surface area contributed by atoms with Crippen LogP contribution in [0.5, 0.6) is 6.01 Å². The predicted octanol–water partition coefficient (Wildman–Crippen LogP) is 4.32. The van der Waals surface area contributed by atoms with Gasteiger partial charge in [-0.05, 0) is 69.5 Å². The molecule has 1 unspecified atom stereocenters. The summed E-state index contributed by atoms with van der Waals surface area (Å²) < 4.78 is 27.6. The Hall–Kier alpha value is -3.47. The number of fused-ring (bicyclic) bond motifs is 4. The number of hydrogen-bond acceptors (Lipinski definition) is 9. The molecule has 5 aliphatic rings. The molecule has 0 amide bonds. The molecule has 220 valence electrons. The van der Waals surface area contributed by atoms with Crippen molar-refractivity contribution >= 4 is 11.5 Å². The molecule has 3 saturated heterocycles. The van der Waals surface area contributed by atoms with Crippen molar-refractivity contribution in [3.63, 3.8) is 0 Å². The summed E-state index contributed by atoms with van der Waals surface area (Å²) in [5.74, 6) is 0.850. The zero-order chi connectivity index (χ0) is 28.9. The Morgan fingerprint density at radius 1 is 1.12 bits per heavy atom. The van der Waals surface area contributed by atoms with Crippen molar-refractivity contribution < 1.29 is 13.9 Å². The Balaban J connectivity index is 1.26. The molecule has 0 saturated carbocycles. The molecule has 5 heterocycles. The van der Waals surface area contributed by atoms with E-state index in [4.69, 9.17) is 25.2 Å². The lowest BCUT2D eigenvalue weighted by Gasteiger charge is -2.43. The quantitative estimate of drug-likeness (QED) is 0.534. The Kier molecular flexibility index (Phi) is 6.95. The van der Waals surface area contributed by atoms with Crippen molar-refractivity contribution in [2.75, 3.05) is 43.4 Å². The van der Waals surface area contributed by atoms with Crippen LogP contribution in [0.4, 0.5) is 15.9 Å². The van der Waals surface area contributed by atoms with Crippen LogP contribution in [0.1, 0.15) is 79.3 Å². The average Bonchev–Trinajstić information content (AvgIpc) is 3.40. The van der Waals surface area contributed by atoms with Crippen molar-refractivity contribution in [1.82, 2.24) is 14.9 Å². The van der Waals surface area contributed by atoms with E-state index in [0.717, 1.165) is 99.2 Å². The second-order valence-corrected chi connectivity index (χ2v) is 12.9. The SMILES string of the molecule is N#Cc1c(N)ccc2c1C1(CCC2)Cc2nc(OC[C@@]34CCCN3C[C@H](F)C4)nc(N3CCC[C@@H](C#N)CC3)c2CO1. The number of nitrogens with two attached hydrogens (primary N) is 1. The minimum absolute atomic E-state index is 0.0416. The lowest BCUT2D eigenvalue weighted by atomic mass is 9.72. The van der Waals surface area contributed by atoms with E-state index in [-0.39, 0.29) is 11.5 Å². The van der Waals surface area contributed by atoms with Gasteiger partial charge in [-0.3, -0.25) is 4.90 Å². The maximum Gasteiger partial charge on any atom is 0.318 e. The largest absolute Gasteiger partial charge is 0.461 e. The third kappa shape index (κ3) is 4.56. The van der Waals surface area contributed by atoms with E-state index in [1.54, 1.807) is 0 Å². The van der Waals surface area contributed by atoms with Crippen molar-refractivity contribution in [2.24, 2.45) is 5.92 Å². The molecular weight excluding hydrogens is 533 g/mol. The predicted molar refractivity (Wildman–Crippen MR) is 154 cm³/mol. The molecule has 1 aromatic carbocycles. The summed E-state index contributed by atoms with van der Waals surface area (Å²) in [5.41, 5.74) is 10.1. The average molecular weight is 572 g/mol. The number of anilines is 2. The van der Waals surface area contributed by atoms with Crippen LogP contribution in [-0.4, -0.2) is 59.4 Å². The zero-order valence-electron chi connectivity index (χ0n) is 24.1. The van der Waals surface area contributed by atoms with Crippen LogP contribution >= 0.6 is 0 Å². The maximum atomic E-state index is 14.5. The second-order valence-electron chi connectivity index (χ2n) is 12.9. The highest BCUT2D eigenvalue weighted by Crippen LogP contribution is 2.48. The normalized spacial score (nSPS) is 30.6. The van der Waals surface area contributed by atoms with Crippen LogP contribution in [0.25, 0.3) is 0 Å². The summed E-state index contributed by atoms with van der Waals surface area (Å²) in [4.78, 5) is 14.5. The highest BCUT2D eigenvalue weighted by Gasteiger charge is 2.50. The van der Waals surface area contributed by atoms with Gasteiger partial charge in [-0.15, -0.1) is 0 Å². The number of nitriles is 2. The summed E-state index contributed by atoms with van der Waals surface area (Å²) in [7, 11) is 0. The molecule has 10 heteroatoms. The van der Waals surface area contributed by atoms with Crippen LogP contribution in [0.2, 0.25) is 0 Å². The van der Waals surface area contributed by atoms with Gasteiger partial charge in [-0.2, -0.15) is 20.5 Å². The van der Waals surface area contributed by atoms with Gasteiger partial charge in [0.1, 0.15) is 30.3 Å². The van der Waals surface area contributed by atoms with Crippen LogP contribution in [-0.2, 0) is 29.8 Å². The van der Waals surface area contributed by atoms with Gasteiger partial charge < -0.3 is 20.1 Å². The summed E-state index contributed by atoms with van der Waals surface area (Å²) in [6.07, 6.45) is 7.29. The Morgan fingerprint density at radius 2 is 2.02 bits per heavy atom. The zero-order valence-corrected chi connectivity index (χ0v) is 24.1. The van der Waals surface area contributed by atoms with Gasteiger partial charge in [-0.25, -0.2) is 4.39 Å². The second kappa shape index (κ2) is 10.7. The Labute approximate surface area is 246 Å². The molecule has 1 aliphatic carbocycles. The first-order valence-corrected chi connectivity index (χ1v) is 15.5. The molecule has 0 radical (unpaired) electrons. The van der Waals surface area contributed by atoms with Crippen LogP contribution in [0.15, 0.2) is 12.1 Å². The van der Waals surface area contributed by atoms with Crippen molar-refractivity contribution in [3.8, 4) is 18.1 Å². The number of alkyl halides is 1. The van der Waals surface area contributed by atoms with Crippen molar-refractivity contribution in [3.05, 3.63) is 40.1 Å². The fourth-order valence-corrected chi connectivity index (χ4v) is 8.25. The van der Waals surface area contributed by atoms with Crippen LogP contribution in [0, 0.1) is 28.6 Å². The third-order valence-electron chi connectivity index (χ3n) is 10.4. The standard InChI is InChI=1S/C32H38FN7O2/c33-23-14-31(9-3-12-40(31)18-23)20-41-30-37-27-15-32(10-1-5-22-6-7-26(36)24(17-35)28(22)32)42-19-25(27)29(38-30)39-11-2-4-21(16-34)8-13-39/h6-7,21,23H,1-5,8-15,18-20,36H2/t21-,23-,31+,32?/m1/s1. The van der Waals surface area contributed by atoms with Crippen LogP contribution in [0.3, 0.4) is 0 Å². The van der Waals surface area contributed by atoms with Gasteiger partial charge in [-0.1, -0.05) is 6.07 Å². The Morgan fingerprint density at radius 3 is 2.88 bits per heavy atom. The van der Waals surface area contributed by atoms with Gasteiger partial charge >= 0.3 is 6.01 Å². The van der Waals surface area contributed by atoms with E-state index in [1.807, 2.05) is 12.1 Å². The van der Waals surface area contributed by atoms with E-state index in [0.29, 0.717) is 49.9 Å². The van der Waals surface area contributed by atoms with E-state index in [9.17, 15) is 14.9 Å². The van der Waals surface area contributed by atoms with Crippen molar-refractivity contribution in [1.29, 1.82) is 10.5 Å². The minimum Gasteiger partial charge on any atom is -0.461 e.